The minimum atomic E-state index is -1.06. The average molecular weight is 408 g/mol. The summed E-state index contributed by atoms with van der Waals surface area (Å²) in [5.41, 5.74) is -0.261. The number of nitrogens with zero attached hydrogens (tertiary/aromatic N) is 3. The summed E-state index contributed by atoms with van der Waals surface area (Å²) < 4.78 is 5.57. The maximum atomic E-state index is 10.9. The molecular weight excluding hydrogens is 366 g/mol. The van der Waals surface area contributed by atoms with Gasteiger partial charge in [0.2, 0.25) is 0 Å². The zero-order valence-electron chi connectivity index (χ0n) is 19.2. The van der Waals surface area contributed by atoms with E-state index in [9.17, 15) is 5.11 Å². The largest absolute Gasteiger partial charge is 0.466 e. The van der Waals surface area contributed by atoms with Crippen molar-refractivity contribution in [2.45, 2.75) is 47.1 Å². The van der Waals surface area contributed by atoms with Crippen LogP contribution in [0.2, 0.25) is 0 Å². The Kier molecular flexibility index (Phi) is 8.99. The number of piperazine rings is 1. The smallest absolute Gasteiger partial charge is 0.191 e. The Morgan fingerprint density at radius 1 is 1.21 bits per heavy atom. The fraction of sp³-hybridized carbons (Fsp3) is 0.773. The predicted octanol–water partition coefficient (Wildman–Crippen LogP) is 1.93. The summed E-state index contributed by atoms with van der Waals surface area (Å²) in [6.07, 6.45) is 0. The summed E-state index contributed by atoms with van der Waals surface area (Å²) in [5.74, 6) is 2.82. The first-order valence-corrected chi connectivity index (χ1v) is 11.0. The molecule has 166 valence electrons. The van der Waals surface area contributed by atoms with Crippen molar-refractivity contribution in [3.05, 3.63) is 23.2 Å². The van der Waals surface area contributed by atoms with Crippen molar-refractivity contribution >= 4 is 5.96 Å². The van der Waals surface area contributed by atoms with Gasteiger partial charge in [0.25, 0.3) is 0 Å². The van der Waals surface area contributed by atoms with Crippen molar-refractivity contribution in [3.63, 3.8) is 0 Å². The number of guanidine groups is 1. The Labute approximate surface area is 176 Å². The second-order valence-electron chi connectivity index (χ2n) is 8.52. The highest BCUT2D eigenvalue weighted by atomic mass is 16.3. The minimum Gasteiger partial charge on any atom is -0.466 e. The molecule has 0 radical (unpaired) electrons. The molecule has 1 fully saturated rings. The fourth-order valence-electron chi connectivity index (χ4n) is 3.89. The van der Waals surface area contributed by atoms with Crippen LogP contribution in [0, 0.1) is 19.8 Å². The molecule has 2 heterocycles. The number of hydrogen-bond acceptors (Lipinski definition) is 5. The summed E-state index contributed by atoms with van der Waals surface area (Å²) in [4.78, 5) is 9.69. The zero-order chi connectivity index (χ0) is 21.4. The van der Waals surface area contributed by atoms with E-state index < -0.39 is 5.60 Å². The number of aliphatic hydroxyl groups is 1. The molecule has 1 aromatic rings. The molecule has 1 aliphatic heterocycles. The van der Waals surface area contributed by atoms with Gasteiger partial charge >= 0.3 is 0 Å². The van der Waals surface area contributed by atoms with Crippen LogP contribution in [-0.4, -0.2) is 79.8 Å². The Morgan fingerprint density at radius 2 is 1.86 bits per heavy atom. The Morgan fingerprint density at radius 3 is 2.41 bits per heavy atom. The van der Waals surface area contributed by atoms with E-state index >= 15 is 0 Å². The van der Waals surface area contributed by atoms with Gasteiger partial charge in [-0.2, -0.15) is 0 Å². The van der Waals surface area contributed by atoms with Crippen LogP contribution in [0.5, 0.6) is 0 Å². The Bertz CT molecular complexity index is 648. The third-order valence-corrected chi connectivity index (χ3v) is 5.61. The monoisotopic (exact) mass is 407 g/mol. The maximum absolute atomic E-state index is 10.9. The van der Waals surface area contributed by atoms with Crippen LogP contribution in [0.1, 0.15) is 44.8 Å². The summed E-state index contributed by atoms with van der Waals surface area (Å²) >= 11 is 0. The Hall–Kier alpha value is -1.57. The number of aryl methyl sites for hydroxylation is 2. The van der Waals surface area contributed by atoms with Crippen molar-refractivity contribution in [1.82, 2.24) is 20.4 Å². The van der Waals surface area contributed by atoms with Gasteiger partial charge in [-0.05, 0) is 46.2 Å². The molecule has 0 spiro atoms. The van der Waals surface area contributed by atoms with Gasteiger partial charge in [0.15, 0.2) is 5.96 Å². The van der Waals surface area contributed by atoms with Crippen molar-refractivity contribution in [3.8, 4) is 0 Å². The standard InChI is InChI=1S/C22H41N5O2/c1-7-23-21(25-16-22(6,28)20-13-18(4)29-19(20)5)24-14-17(3)15-27-11-9-26(8-2)10-12-27/h13,17,28H,7-12,14-16H2,1-6H3,(H2,23,24,25). The van der Waals surface area contributed by atoms with Crippen LogP contribution in [-0.2, 0) is 5.60 Å². The lowest BCUT2D eigenvalue weighted by molar-refractivity contribution is 0.0657. The molecule has 0 saturated carbocycles. The van der Waals surface area contributed by atoms with E-state index in [0.29, 0.717) is 5.92 Å². The number of aliphatic imine (C=N–C) groups is 1. The molecule has 1 saturated heterocycles. The lowest BCUT2D eigenvalue weighted by Crippen LogP contribution is -2.48. The molecular formula is C22H41N5O2. The van der Waals surface area contributed by atoms with Gasteiger partial charge in [-0.3, -0.25) is 0 Å². The molecule has 2 atom stereocenters. The third kappa shape index (κ3) is 7.32. The summed E-state index contributed by atoms with van der Waals surface area (Å²) in [5, 5.41) is 17.6. The quantitative estimate of drug-likeness (QED) is 0.429. The molecule has 1 aromatic heterocycles. The van der Waals surface area contributed by atoms with Gasteiger partial charge in [0.1, 0.15) is 17.1 Å². The van der Waals surface area contributed by atoms with E-state index in [1.807, 2.05) is 19.9 Å². The second kappa shape index (κ2) is 11.0. The SMILES string of the molecule is CCNC(=NCC(C)(O)c1cc(C)oc1C)NCC(C)CN1CCN(CC)CC1. The lowest BCUT2D eigenvalue weighted by Gasteiger charge is -2.35. The molecule has 7 heteroatoms. The van der Waals surface area contributed by atoms with Gasteiger partial charge in [0, 0.05) is 51.4 Å². The zero-order valence-corrected chi connectivity index (χ0v) is 19.2. The minimum absolute atomic E-state index is 0.273. The number of furan rings is 1. The summed E-state index contributed by atoms with van der Waals surface area (Å²) in [6.45, 7) is 20.9. The Balaban J connectivity index is 1.86. The van der Waals surface area contributed by atoms with E-state index in [1.54, 1.807) is 6.92 Å². The molecule has 7 nitrogen and oxygen atoms in total. The second-order valence-corrected chi connectivity index (χ2v) is 8.52. The molecule has 3 N–H and O–H groups in total. The molecule has 0 aliphatic carbocycles. The van der Waals surface area contributed by atoms with E-state index in [4.69, 9.17) is 4.42 Å². The molecule has 1 aliphatic rings. The molecule has 2 rings (SSSR count). The summed E-state index contributed by atoms with van der Waals surface area (Å²) in [6, 6.07) is 1.89. The molecule has 0 amide bonds. The van der Waals surface area contributed by atoms with E-state index in [1.165, 1.54) is 13.1 Å². The first-order chi connectivity index (χ1) is 13.7. The number of likely N-dealkylation sites (N-methyl/N-ethyl adjacent to an activating group) is 1. The number of hydrogen-bond donors (Lipinski definition) is 3. The van der Waals surface area contributed by atoms with E-state index in [0.717, 1.165) is 62.3 Å². The van der Waals surface area contributed by atoms with Crippen molar-refractivity contribution < 1.29 is 9.52 Å². The molecule has 0 aromatic carbocycles. The van der Waals surface area contributed by atoms with Gasteiger partial charge in [-0.25, -0.2) is 4.99 Å². The van der Waals surface area contributed by atoms with Crippen LogP contribution in [0.25, 0.3) is 0 Å². The van der Waals surface area contributed by atoms with Crippen molar-refractivity contribution in [2.75, 3.05) is 58.9 Å². The van der Waals surface area contributed by atoms with E-state index in [-0.39, 0.29) is 6.54 Å². The maximum Gasteiger partial charge on any atom is 0.191 e. The average Bonchev–Trinajstić information content (AvgIpc) is 3.03. The van der Waals surface area contributed by atoms with Crippen LogP contribution >= 0.6 is 0 Å². The first kappa shape index (κ1) is 23.7. The third-order valence-electron chi connectivity index (χ3n) is 5.61. The number of rotatable bonds is 9. The van der Waals surface area contributed by atoms with Crippen LogP contribution in [0.4, 0.5) is 0 Å². The highest BCUT2D eigenvalue weighted by Crippen LogP contribution is 2.27. The van der Waals surface area contributed by atoms with Crippen LogP contribution in [0.3, 0.4) is 0 Å². The summed E-state index contributed by atoms with van der Waals surface area (Å²) in [7, 11) is 0. The van der Waals surface area contributed by atoms with Gasteiger partial charge in [0.05, 0.1) is 6.54 Å². The molecule has 0 bridgehead atoms. The van der Waals surface area contributed by atoms with Gasteiger partial charge < -0.3 is 30.0 Å². The molecule has 29 heavy (non-hydrogen) atoms. The van der Waals surface area contributed by atoms with Gasteiger partial charge in [-0.15, -0.1) is 0 Å². The number of nitrogens with one attached hydrogen (secondary N) is 2. The van der Waals surface area contributed by atoms with Gasteiger partial charge in [-0.1, -0.05) is 13.8 Å². The highest BCUT2D eigenvalue weighted by Gasteiger charge is 2.27. The van der Waals surface area contributed by atoms with E-state index in [2.05, 4.69) is 46.2 Å². The lowest BCUT2D eigenvalue weighted by atomic mass is 9.96. The predicted molar refractivity (Wildman–Crippen MR) is 119 cm³/mol. The topological polar surface area (TPSA) is 76.3 Å². The normalized spacial score (nSPS) is 19.8. The van der Waals surface area contributed by atoms with Crippen molar-refractivity contribution in [1.29, 1.82) is 0 Å². The highest BCUT2D eigenvalue weighted by molar-refractivity contribution is 5.79. The first-order valence-electron chi connectivity index (χ1n) is 11.0. The van der Waals surface area contributed by atoms with Crippen LogP contribution < -0.4 is 10.6 Å². The van der Waals surface area contributed by atoms with Crippen LogP contribution in [0.15, 0.2) is 15.5 Å². The van der Waals surface area contributed by atoms with Crippen molar-refractivity contribution in [2.24, 2.45) is 10.9 Å². The molecule has 2 unspecified atom stereocenters. The fourth-order valence-corrected chi connectivity index (χ4v) is 3.89.